The fourth-order valence-electron chi connectivity index (χ4n) is 3.63. The Kier molecular flexibility index (Phi) is 6.27. The Bertz CT molecular complexity index is 493. The molecule has 0 bridgehead atoms. The smallest absolute Gasteiger partial charge is 0.0594 e. The average Bonchev–Trinajstić information content (AvgIpc) is 3.28. The van der Waals surface area contributed by atoms with Gasteiger partial charge in [0.25, 0.3) is 0 Å². The van der Waals surface area contributed by atoms with Crippen LogP contribution in [0.5, 0.6) is 0 Å². The van der Waals surface area contributed by atoms with Crippen molar-refractivity contribution in [3.63, 3.8) is 0 Å². The van der Waals surface area contributed by atoms with Crippen molar-refractivity contribution in [2.75, 3.05) is 46.1 Å². The van der Waals surface area contributed by atoms with Crippen molar-refractivity contribution in [3.8, 4) is 0 Å². The molecule has 6 nitrogen and oxygen atoms in total. The van der Waals surface area contributed by atoms with Crippen LogP contribution in [0.3, 0.4) is 0 Å². The van der Waals surface area contributed by atoms with E-state index in [0.717, 1.165) is 46.1 Å². The third kappa shape index (κ3) is 4.36. The number of aromatic nitrogens is 2. The Morgan fingerprint density at radius 2 is 2.00 bits per heavy atom. The highest BCUT2D eigenvalue weighted by molar-refractivity contribution is 5.09. The quantitative estimate of drug-likeness (QED) is 0.823. The van der Waals surface area contributed by atoms with E-state index >= 15 is 0 Å². The van der Waals surface area contributed by atoms with Gasteiger partial charge in [0.05, 0.1) is 26.0 Å². The van der Waals surface area contributed by atoms with E-state index in [4.69, 9.17) is 9.47 Å². The Morgan fingerprint density at radius 3 is 2.62 bits per heavy atom. The van der Waals surface area contributed by atoms with Gasteiger partial charge < -0.3 is 14.8 Å². The summed E-state index contributed by atoms with van der Waals surface area (Å²) in [6.07, 6.45) is 5.31. The van der Waals surface area contributed by atoms with Crippen LogP contribution in [-0.4, -0.2) is 66.8 Å². The molecule has 1 aromatic heterocycles. The van der Waals surface area contributed by atoms with Gasteiger partial charge in [-0.3, -0.25) is 9.58 Å². The molecule has 0 spiro atoms. The van der Waals surface area contributed by atoms with Crippen molar-refractivity contribution in [1.29, 1.82) is 0 Å². The van der Waals surface area contributed by atoms with E-state index in [1.807, 2.05) is 10.9 Å². The van der Waals surface area contributed by atoms with Crippen molar-refractivity contribution in [3.05, 3.63) is 18.0 Å². The number of rotatable bonds is 7. The first-order valence-corrected chi connectivity index (χ1v) is 9.32. The van der Waals surface area contributed by atoms with E-state index in [1.165, 1.54) is 12.0 Å². The van der Waals surface area contributed by atoms with Crippen LogP contribution in [0.2, 0.25) is 0 Å². The lowest BCUT2D eigenvalue weighted by Crippen LogP contribution is -2.51. The normalized spacial score (nSPS) is 25.2. The van der Waals surface area contributed by atoms with Crippen molar-refractivity contribution >= 4 is 0 Å². The van der Waals surface area contributed by atoms with Crippen LogP contribution in [-0.2, 0) is 9.47 Å². The Hall–Kier alpha value is -0.950. The number of ether oxygens (including phenoxy) is 2. The summed E-state index contributed by atoms with van der Waals surface area (Å²) in [5.41, 5.74) is 1.26. The third-order valence-electron chi connectivity index (χ3n) is 5.31. The third-order valence-corrected chi connectivity index (χ3v) is 5.31. The van der Waals surface area contributed by atoms with Gasteiger partial charge >= 0.3 is 0 Å². The number of hydrogen-bond acceptors (Lipinski definition) is 5. The molecule has 0 aliphatic carbocycles. The Morgan fingerprint density at radius 1 is 1.21 bits per heavy atom. The van der Waals surface area contributed by atoms with E-state index in [9.17, 15) is 0 Å². The number of nitrogens with one attached hydrogen (secondary N) is 1. The van der Waals surface area contributed by atoms with Gasteiger partial charge in [0.2, 0.25) is 0 Å². The molecule has 1 aromatic rings. The predicted molar refractivity (Wildman–Crippen MR) is 94.1 cm³/mol. The fraction of sp³-hybridized carbons (Fsp3) is 0.833. The molecule has 0 radical (unpaired) electrons. The van der Waals surface area contributed by atoms with Gasteiger partial charge in [0, 0.05) is 62.0 Å². The van der Waals surface area contributed by atoms with Crippen molar-refractivity contribution < 1.29 is 9.47 Å². The van der Waals surface area contributed by atoms with E-state index in [0.29, 0.717) is 24.0 Å². The summed E-state index contributed by atoms with van der Waals surface area (Å²) in [5.74, 6) is 0.626. The minimum atomic E-state index is 0.309. The summed E-state index contributed by atoms with van der Waals surface area (Å²) in [7, 11) is 0. The van der Waals surface area contributed by atoms with E-state index in [1.54, 1.807) is 0 Å². The fourth-order valence-corrected chi connectivity index (χ4v) is 3.63. The molecule has 2 aliphatic heterocycles. The van der Waals surface area contributed by atoms with Gasteiger partial charge in [0.1, 0.15) is 0 Å². The van der Waals surface area contributed by atoms with Crippen LogP contribution in [0.4, 0.5) is 0 Å². The number of hydrogen-bond donors (Lipinski definition) is 1. The summed E-state index contributed by atoms with van der Waals surface area (Å²) in [5, 5.41) is 8.19. The highest BCUT2D eigenvalue weighted by Gasteiger charge is 2.31. The summed E-state index contributed by atoms with van der Waals surface area (Å²) < 4.78 is 13.2. The molecule has 1 N–H and O–H groups in total. The molecule has 3 rings (SSSR count). The molecule has 0 amide bonds. The van der Waals surface area contributed by atoms with Crippen molar-refractivity contribution in [1.82, 2.24) is 20.0 Å². The van der Waals surface area contributed by atoms with Crippen LogP contribution < -0.4 is 5.32 Å². The lowest BCUT2D eigenvalue weighted by Gasteiger charge is -2.38. The molecule has 0 aromatic carbocycles. The van der Waals surface area contributed by atoms with Crippen LogP contribution in [0, 0.1) is 5.92 Å². The first kappa shape index (κ1) is 17.9. The zero-order chi connectivity index (χ0) is 16.9. The highest BCUT2D eigenvalue weighted by atomic mass is 16.5. The van der Waals surface area contributed by atoms with E-state index < -0.39 is 0 Å². The molecule has 3 atom stereocenters. The van der Waals surface area contributed by atoms with Gasteiger partial charge in [-0.2, -0.15) is 5.10 Å². The molecule has 6 heteroatoms. The molecule has 2 fully saturated rings. The second kappa shape index (κ2) is 8.43. The zero-order valence-corrected chi connectivity index (χ0v) is 15.3. The first-order valence-electron chi connectivity index (χ1n) is 9.32. The molecule has 24 heavy (non-hydrogen) atoms. The first-order chi connectivity index (χ1) is 11.6. The summed E-state index contributed by atoms with van der Waals surface area (Å²) in [6.45, 7) is 13.1. The zero-order valence-electron chi connectivity index (χ0n) is 15.3. The van der Waals surface area contributed by atoms with Gasteiger partial charge in [-0.15, -0.1) is 0 Å². The molecule has 3 heterocycles. The molecular formula is C18H32N4O2. The molecular weight excluding hydrogens is 304 g/mol. The highest BCUT2D eigenvalue weighted by Crippen LogP contribution is 2.23. The minimum absolute atomic E-state index is 0.309. The molecule has 136 valence electrons. The van der Waals surface area contributed by atoms with E-state index in [-0.39, 0.29) is 0 Å². The molecule has 2 aliphatic rings. The van der Waals surface area contributed by atoms with Crippen LogP contribution in [0.1, 0.15) is 44.8 Å². The molecule has 3 unspecified atom stereocenters. The standard InChI is InChI=1S/C18H32N4O2/c1-14(2)22-12-17(10-20-22)15(3)19-11-18(16-4-7-24-13-16)21-5-8-23-9-6-21/h10,12,14-16,18-19H,4-9,11,13H2,1-3H3. The summed E-state index contributed by atoms with van der Waals surface area (Å²) in [6, 6.07) is 1.24. The maximum atomic E-state index is 5.65. The van der Waals surface area contributed by atoms with Gasteiger partial charge in [-0.05, 0) is 27.2 Å². The van der Waals surface area contributed by atoms with Crippen molar-refractivity contribution in [2.24, 2.45) is 5.92 Å². The monoisotopic (exact) mass is 336 g/mol. The molecule has 2 saturated heterocycles. The topological polar surface area (TPSA) is 51.6 Å². The largest absolute Gasteiger partial charge is 0.381 e. The second-order valence-electron chi connectivity index (χ2n) is 7.32. The Balaban J connectivity index is 1.59. The van der Waals surface area contributed by atoms with Gasteiger partial charge in [0.15, 0.2) is 0 Å². The lowest BCUT2D eigenvalue weighted by atomic mass is 9.96. The molecule has 0 saturated carbocycles. The van der Waals surface area contributed by atoms with Crippen LogP contribution in [0.25, 0.3) is 0 Å². The van der Waals surface area contributed by atoms with E-state index in [2.05, 4.69) is 42.3 Å². The van der Waals surface area contributed by atoms with Gasteiger partial charge in [-0.25, -0.2) is 0 Å². The maximum Gasteiger partial charge on any atom is 0.0594 e. The van der Waals surface area contributed by atoms with Crippen LogP contribution in [0.15, 0.2) is 12.4 Å². The summed E-state index contributed by atoms with van der Waals surface area (Å²) in [4.78, 5) is 2.58. The maximum absolute atomic E-state index is 5.65. The predicted octanol–water partition coefficient (Wildman–Crippen LogP) is 1.85. The van der Waals surface area contributed by atoms with Gasteiger partial charge in [-0.1, -0.05) is 0 Å². The van der Waals surface area contributed by atoms with Crippen molar-refractivity contribution in [2.45, 2.75) is 45.3 Å². The minimum Gasteiger partial charge on any atom is -0.381 e. The second-order valence-corrected chi connectivity index (χ2v) is 7.32. The van der Waals surface area contributed by atoms with Crippen LogP contribution >= 0.6 is 0 Å². The average molecular weight is 336 g/mol. The number of morpholine rings is 1. The number of nitrogens with zero attached hydrogens (tertiary/aromatic N) is 3. The SMILES string of the molecule is CC(NCC(C1CCOC1)N1CCOCC1)c1cnn(C(C)C)c1. The lowest BCUT2D eigenvalue weighted by molar-refractivity contribution is 0.000912. The summed E-state index contributed by atoms with van der Waals surface area (Å²) >= 11 is 0. The Labute approximate surface area is 145 Å².